The molecular formula is C23H25F3N2O4. The van der Waals surface area contributed by atoms with Crippen LogP contribution in [0, 0.1) is 13.8 Å². The number of carbonyl (C=O) groups excluding carboxylic acids is 2. The Bertz CT molecular complexity index is 967. The molecule has 9 heteroatoms. The van der Waals surface area contributed by atoms with Gasteiger partial charge in [0, 0.05) is 25.3 Å². The molecule has 1 aliphatic rings. The van der Waals surface area contributed by atoms with Gasteiger partial charge in [0.15, 0.2) is 6.61 Å². The summed E-state index contributed by atoms with van der Waals surface area (Å²) in [5, 5.41) is 0. The van der Waals surface area contributed by atoms with E-state index in [1.807, 2.05) is 26.0 Å². The zero-order valence-corrected chi connectivity index (χ0v) is 18.2. The van der Waals surface area contributed by atoms with Gasteiger partial charge in [0.1, 0.15) is 5.75 Å². The van der Waals surface area contributed by atoms with Gasteiger partial charge in [-0.05, 0) is 61.7 Å². The highest BCUT2D eigenvalue weighted by molar-refractivity contribution is 5.94. The van der Waals surface area contributed by atoms with Gasteiger partial charge >= 0.3 is 18.2 Å². The maximum absolute atomic E-state index is 12.8. The smallest absolute Gasteiger partial charge is 0.416 e. The maximum Gasteiger partial charge on any atom is 0.416 e. The summed E-state index contributed by atoms with van der Waals surface area (Å²) in [6.45, 7) is 6.75. The lowest BCUT2D eigenvalue weighted by Gasteiger charge is -2.20. The number of esters is 1. The number of aryl methyl sites for hydroxylation is 2. The molecule has 0 spiro atoms. The first-order chi connectivity index (χ1) is 15.1. The van der Waals surface area contributed by atoms with E-state index < -0.39 is 17.7 Å². The average molecular weight is 450 g/mol. The highest BCUT2D eigenvalue weighted by Gasteiger charge is 2.32. The number of benzene rings is 2. The molecule has 0 radical (unpaired) electrons. The van der Waals surface area contributed by atoms with Crippen molar-refractivity contribution in [2.24, 2.45) is 0 Å². The summed E-state index contributed by atoms with van der Waals surface area (Å²) in [6, 6.07) is 8.11. The highest BCUT2D eigenvalue weighted by atomic mass is 19.4. The number of ether oxygens (including phenoxy) is 2. The molecule has 3 rings (SSSR count). The van der Waals surface area contributed by atoms with Gasteiger partial charge in [-0.3, -0.25) is 4.90 Å². The molecule has 32 heavy (non-hydrogen) atoms. The quantitative estimate of drug-likeness (QED) is 0.574. The lowest BCUT2D eigenvalue weighted by Crippen LogP contribution is -2.31. The molecule has 0 unspecified atom stereocenters. The second kappa shape index (κ2) is 9.50. The van der Waals surface area contributed by atoms with Gasteiger partial charge in [-0.15, -0.1) is 0 Å². The van der Waals surface area contributed by atoms with Crippen LogP contribution in [0.15, 0.2) is 36.4 Å². The monoisotopic (exact) mass is 450 g/mol. The topological polar surface area (TPSA) is 59.1 Å². The predicted molar refractivity (Wildman–Crippen MR) is 113 cm³/mol. The zero-order valence-electron chi connectivity index (χ0n) is 18.2. The Morgan fingerprint density at radius 3 is 2.25 bits per heavy atom. The molecule has 2 aromatic carbocycles. The van der Waals surface area contributed by atoms with Gasteiger partial charge in [-0.2, -0.15) is 13.2 Å². The number of rotatable bonds is 7. The first-order valence-electron chi connectivity index (χ1n) is 10.2. The van der Waals surface area contributed by atoms with E-state index in [1.165, 1.54) is 17.0 Å². The second-order valence-electron chi connectivity index (χ2n) is 7.55. The fraction of sp³-hybridized carbons (Fsp3) is 0.391. The van der Waals surface area contributed by atoms with Crippen molar-refractivity contribution in [3.05, 3.63) is 58.7 Å². The van der Waals surface area contributed by atoms with Crippen molar-refractivity contribution in [3.8, 4) is 5.75 Å². The summed E-state index contributed by atoms with van der Waals surface area (Å²) >= 11 is 0. The molecule has 0 atom stereocenters. The van der Waals surface area contributed by atoms with Gasteiger partial charge in [-0.1, -0.05) is 12.1 Å². The van der Waals surface area contributed by atoms with Crippen LogP contribution in [-0.4, -0.2) is 43.2 Å². The lowest BCUT2D eigenvalue weighted by molar-refractivity contribution is -0.145. The third kappa shape index (κ3) is 5.33. The largest absolute Gasteiger partial charge is 0.481 e. The van der Waals surface area contributed by atoms with Gasteiger partial charge in [0.2, 0.25) is 0 Å². The van der Waals surface area contributed by atoms with Gasteiger partial charge < -0.3 is 14.4 Å². The van der Waals surface area contributed by atoms with Crippen LogP contribution in [0.25, 0.3) is 0 Å². The number of halogens is 3. The zero-order chi connectivity index (χ0) is 23.5. The van der Waals surface area contributed by atoms with Crippen LogP contribution in [-0.2, 0) is 22.3 Å². The van der Waals surface area contributed by atoms with Gasteiger partial charge in [-0.25, -0.2) is 9.59 Å². The number of hydrogen-bond donors (Lipinski definition) is 0. The van der Waals surface area contributed by atoms with Crippen molar-refractivity contribution in [3.63, 3.8) is 0 Å². The number of urea groups is 1. The molecule has 0 N–H and O–H groups in total. The summed E-state index contributed by atoms with van der Waals surface area (Å²) in [5.74, 6) is 0.155. The van der Waals surface area contributed by atoms with Crippen LogP contribution in [0.3, 0.4) is 0 Å². The lowest BCUT2D eigenvalue weighted by atomic mass is 10.1. The molecule has 1 saturated heterocycles. The normalized spacial score (nSPS) is 14.1. The molecule has 6 nitrogen and oxygen atoms in total. The fourth-order valence-electron chi connectivity index (χ4n) is 3.71. The summed E-state index contributed by atoms with van der Waals surface area (Å²) in [4.78, 5) is 27.5. The molecule has 1 heterocycles. The minimum absolute atomic E-state index is 0.179. The minimum Gasteiger partial charge on any atom is -0.481 e. The standard InChI is InChI=1S/C23H25F3N2O4/c1-4-31-20(29)14-32-21-15(2)11-17(12-16(21)3)13-27-9-10-28(22(27)30)19-7-5-18(6-8-19)23(24,25)26/h5-8,11-12H,4,9-10,13-14H2,1-3H3. The molecule has 0 bridgehead atoms. The summed E-state index contributed by atoms with van der Waals surface area (Å²) in [7, 11) is 0. The first kappa shape index (κ1) is 23.4. The molecule has 2 aromatic rings. The molecule has 0 aromatic heterocycles. The highest BCUT2D eigenvalue weighted by Crippen LogP contribution is 2.32. The van der Waals surface area contributed by atoms with Crippen molar-refractivity contribution in [1.29, 1.82) is 0 Å². The third-order valence-corrected chi connectivity index (χ3v) is 5.13. The number of anilines is 1. The number of alkyl halides is 3. The van der Waals surface area contributed by atoms with E-state index in [9.17, 15) is 22.8 Å². The van der Waals surface area contributed by atoms with Crippen molar-refractivity contribution < 1.29 is 32.2 Å². The predicted octanol–water partition coefficient (Wildman–Crippen LogP) is 4.71. The van der Waals surface area contributed by atoms with E-state index in [2.05, 4.69) is 0 Å². The Morgan fingerprint density at radius 1 is 1.06 bits per heavy atom. The number of hydrogen-bond acceptors (Lipinski definition) is 4. The molecule has 0 saturated carbocycles. The molecular weight excluding hydrogens is 425 g/mol. The van der Waals surface area contributed by atoms with E-state index in [4.69, 9.17) is 9.47 Å². The first-order valence-corrected chi connectivity index (χ1v) is 10.2. The van der Waals surface area contributed by atoms with E-state index in [1.54, 1.807) is 11.8 Å². The van der Waals surface area contributed by atoms with Crippen molar-refractivity contribution >= 4 is 17.7 Å². The van der Waals surface area contributed by atoms with Crippen molar-refractivity contribution in [2.45, 2.75) is 33.5 Å². The molecule has 172 valence electrons. The van der Waals surface area contributed by atoms with Crippen LogP contribution < -0.4 is 9.64 Å². The summed E-state index contributed by atoms with van der Waals surface area (Å²) < 4.78 is 48.8. The van der Waals surface area contributed by atoms with Crippen molar-refractivity contribution in [1.82, 2.24) is 4.90 Å². The Balaban J connectivity index is 1.66. The average Bonchev–Trinajstić information content (AvgIpc) is 3.07. The maximum atomic E-state index is 12.8. The van der Waals surface area contributed by atoms with Crippen molar-refractivity contribution in [2.75, 3.05) is 31.2 Å². The Hall–Kier alpha value is -3.23. The van der Waals surface area contributed by atoms with E-state index in [-0.39, 0.29) is 19.2 Å². The summed E-state index contributed by atoms with van der Waals surface area (Å²) in [6.07, 6.45) is -4.42. The van der Waals surface area contributed by atoms with Crippen LogP contribution in [0.1, 0.15) is 29.2 Å². The second-order valence-corrected chi connectivity index (χ2v) is 7.55. The molecule has 1 fully saturated rings. The minimum atomic E-state index is -4.42. The Kier molecular flexibility index (Phi) is 6.96. The third-order valence-electron chi connectivity index (χ3n) is 5.13. The number of carbonyl (C=O) groups is 2. The van der Waals surface area contributed by atoms with Crippen LogP contribution in [0.5, 0.6) is 5.75 Å². The molecule has 0 aliphatic carbocycles. The van der Waals surface area contributed by atoms with E-state index >= 15 is 0 Å². The summed E-state index contributed by atoms with van der Waals surface area (Å²) in [5.41, 5.74) is 2.23. The molecule has 1 aliphatic heterocycles. The van der Waals surface area contributed by atoms with Gasteiger partial charge in [0.05, 0.1) is 12.2 Å². The number of amides is 2. The van der Waals surface area contributed by atoms with Crippen LogP contribution in [0.4, 0.5) is 23.7 Å². The van der Waals surface area contributed by atoms with E-state index in [0.717, 1.165) is 28.8 Å². The van der Waals surface area contributed by atoms with Crippen LogP contribution >= 0.6 is 0 Å². The fourth-order valence-corrected chi connectivity index (χ4v) is 3.71. The Morgan fingerprint density at radius 2 is 1.69 bits per heavy atom. The van der Waals surface area contributed by atoms with Crippen LogP contribution in [0.2, 0.25) is 0 Å². The Labute approximate surface area is 184 Å². The van der Waals surface area contributed by atoms with E-state index in [0.29, 0.717) is 31.1 Å². The molecule has 2 amide bonds. The van der Waals surface area contributed by atoms with Gasteiger partial charge in [0.25, 0.3) is 0 Å². The SMILES string of the molecule is CCOC(=O)COc1c(C)cc(CN2CCN(c3ccc(C(F)(F)F)cc3)C2=O)cc1C. The number of nitrogens with zero attached hydrogens (tertiary/aromatic N) is 2.